The first-order valence-electron chi connectivity index (χ1n) is 11.3. The van der Waals surface area contributed by atoms with E-state index in [1.807, 2.05) is 0 Å². The number of benzene rings is 5. The van der Waals surface area contributed by atoms with Crippen molar-refractivity contribution < 1.29 is 0 Å². The minimum Gasteiger partial charge on any atom is -0.115 e. The Labute approximate surface area is 186 Å². The molecule has 0 nitrogen and oxygen atoms in total. The summed E-state index contributed by atoms with van der Waals surface area (Å²) in [5.74, 6) is 3.09. The first-order valence-corrected chi connectivity index (χ1v) is 13.2. The van der Waals surface area contributed by atoms with E-state index in [-0.39, 0.29) is 0 Å². The summed E-state index contributed by atoms with van der Waals surface area (Å²) in [7, 11) is -1.18. The van der Waals surface area contributed by atoms with Gasteiger partial charge in [-0.3, -0.25) is 0 Å². The molecule has 0 heterocycles. The van der Waals surface area contributed by atoms with E-state index in [0.717, 1.165) is 5.56 Å². The standard InChI is InChI=1S/C30H28Si/c1-6-28-29-18-27-17-25-14-22-10-8-7-9-21(22)13-24(25)16-26(27)15-23(29)11-12-30(28)31(19(2)3)20(4)5/h1,7-20,31H,2-5H3. The predicted molar refractivity (Wildman–Crippen MR) is 141 cm³/mol. The Bertz CT molecular complexity index is 1490. The molecule has 152 valence electrons. The molecule has 5 aromatic carbocycles. The van der Waals surface area contributed by atoms with Gasteiger partial charge in [0.25, 0.3) is 0 Å². The van der Waals surface area contributed by atoms with Crippen molar-refractivity contribution in [1.82, 2.24) is 0 Å². The Kier molecular flexibility index (Phi) is 4.84. The molecule has 0 aromatic heterocycles. The fourth-order valence-corrected chi connectivity index (χ4v) is 9.33. The SMILES string of the molecule is C#Cc1c([SiH](C(C)C)C(C)C)ccc2cc3cc4cc5ccccc5cc4cc3cc12. The molecule has 0 amide bonds. The van der Waals surface area contributed by atoms with Crippen LogP contribution in [0.5, 0.6) is 0 Å². The molecule has 0 spiro atoms. The fraction of sp³-hybridized carbons (Fsp3) is 0.200. The van der Waals surface area contributed by atoms with Gasteiger partial charge in [0.15, 0.2) is 0 Å². The number of terminal acetylenes is 1. The lowest BCUT2D eigenvalue weighted by molar-refractivity contribution is 0.951. The molecule has 0 unspecified atom stereocenters. The number of hydrogen-bond acceptors (Lipinski definition) is 0. The van der Waals surface area contributed by atoms with E-state index in [2.05, 4.69) is 106 Å². The lowest BCUT2D eigenvalue weighted by Crippen LogP contribution is -2.37. The third kappa shape index (κ3) is 3.32. The Morgan fingerprint density at radius 2 is 1.10 bits per heavy atom. The fourth-order valence-electron chi connectivity index (χ4n) is 5.46. The second-order valence-electron chi connectivity index (χ2n) is 9.51. The second kappa shape index (κ2) is 7.56. The summed E-state index contributed by atoms with van der Waals surface area (Å²) >= 11 is 0. The highest BCUT2D eigenvalue weighted by atomic mass is 28.3. The largest absolute Gasteiger partial charge is 0.115 e. The van der Waals surface area contributed by atoms with Crippen LogP contribution in [-0.4, -0.2) is 8.80 Å². The van der Waals surface area contributed by atoms with Crippen LogP contribution in [0.25, 0.3) is 43.1 Å². The molecule has 0 bridgehead atoms. The highest BCUT2D eigenvalue weighted by Crippen LogP contribution is 2.32. The second-order valence-corrected chi connectivity index (χ2v) is 13.8. The van der Waals surface area contributed by atoms with E-state index >= 15 is 0 Å². The molecule has 0 aliphatic rings. The third-order valence-corrected chi connectivity index (χ3v) is 10.8. The number of hydrogen-bond donors (Lipinski definition) is 0. The summed E-state index contributed by atoms with van der Waals surface area (Å²) in [4.78, 5) is 0. The van der Waals surface area contributed by atoms with Crippen molar-refractivity contribution in [1.29, 1.82) is 0 Å². The van der Waals surface area contributed by atoms with E-state index < -0.39 is 8.80 Å². The number of fused-ring (bicyclic) bond motifs is 4. The monoisotopic (exact) mass is 416 g/mol. The maximum atomic E-state index is 6.12. The van der Waals surface area contributed by atoms with Crippen molar-refractivity contribution in [2.24, 2.45) is 0 Å². The van der Waals surface area contributed by atoms with Crippen LogP contribution < -0.4 is 5.19 Å². The van der Waals surface area contributed by atoms with Crippen molar-refractivity contribution in [2.75, 3.05) is 0 Å². The summed E-state index contributed by atoms with van der Waals surface area (Å²) in [5, 5.41) is 11.6. The van der Waals surface area contributed by atoms with Crippen molar-refractivity contribution in [3.05, 3.63) is 78.4 Å². The van der Waals surface area contributed by atoms with Crippen molar-refractivity contribution >= 4 is 57.1 Å². The van der Waals surface area contributed by atoms with Gasteiger partial charge >= 0.3 is 0 Å². The maximum absolute atomic E-state index is 6.12. The van der Waals surface area contributed by atoms with Crippen LogP contribution in [0.2, 0.25) is 11.1 Å². The Balaban J connectivity index is 1.80. The van der Waals surface area contributed by atoms with Crippen LogP contribution in [0.3, 0.4) is 0 Å². The molecule has 0 fully saturated rings. The van der Waals surface area contributed by atoms with Crippen LogP contribution in [0.15, 0.2) is 72.8 Å². The minimum atomic E-state index is -1.18. The summed E-state index contributed by atoms with van der Waals surface area (Å²) in [5.41, 5.74) is 2.49. The topological polar surface area (TPSA) is 0 Å². The van der Waals surface area contributed by atoms with E-state index in [0.29, 0.717) is 11.1 Å². The first-order chi connectivity index (χ1) is 15.0. The first kappa shape index (κ1) is 19.9. The van der Waals surface area contributed by atoms with Gasteiger partial charge in [0.05, 0.1) is 8.80 Å². The van der Waals surface area contributed by atoms with Crippen LogP contribution in [0.4, 0.5) is 0 Å². The molecule has 0 atom stereocenters. The predicted octanol–water partition coefficient (Wildman–Crippen LogP) is 7.53. The smallest absolute Gasteiger partial charge is 0.0775 e. The van der Waals surface area contributed by atoms with Gasteiger partial charge in [-0.05, 0) is 95.8 Å². The summed E-state index contributed by atoms with van der Waals surface area (Å²) in [6, 6.07) is 27.1. The lowest BCUT2D eigenvalue weighted by Gasteiger charge is -2.25. The van der Waals surface area contributed by atoms with Crippen LogP contribution in [0, 0.1) is 12.3 Å². The Hall–Kier alpha value is -3.08. The molecule has 5 rings (SSSR count). The van der Waals surface area contributed by atoms with Gasteiger partial charge in [-0.2, -0.15) is 0 Å². The highest BCUT2D eigenvalue weighted by molar-refractivity contribution is 6.76. The molecule has 0 saturated heterocycles. The van der Waals surface area contributed by atoms with Crippen LogP contribution in [0.1, 0.15) is 33.3 Å². The molecule has 1 heteroatoms. The maximum Gasteiger partial charge on any atom is 0.0775 e. The number of rotatable bonds is 3. The zero-order valence-electron chi connectivity index (χ0n) is 18.7. The van der Waals surface area contributed by atoms with Gasteiger partial charge in [-0.15, -0.1) is 6.42 Å². The van der Waals surface area contributed by atoms with Crippen molar-refractivity contribution in [3.63, 3.8) is 0 Å². The summed E-state index contributed by atoms with van der Waals surface area (Å²) in [6.07, 6.45) is 6.12. The summed E-state index contributed by atoms with van der Waals surface area (Å²) in [6.45, 7) is 9.44. The van der Waals surface area contributed by atoms with Crippen molar-refractivity contribution in [2.45, 2.75) is 38.8 Å². The van der Waals surface area contributed by atoms with E-state index in [9.17, 15) is 0 Å². The van der Waals surface area contributed by atoms with Gasteiger partial charge in [0.2, 0.25) is 0 Å². The van der Waals surface area contributed by atoms with E-state index in [1.54, 1.807) is 0 Å². The molecular formula is C30H28Si. The van der Waals surface area contributed by atoms with Gasteiger partial charge < -0.3 is 0 Å². The van der Waals surface area contributed by atoms with Gasteiger partial charge in [-0.1, -0.05) is 70.0 Å². The van der Waals surface area contributed by atoms with E-state index in [1.165, 1.54) is 48.3 Å². The van der Waals surface area contributed by atoms with Gasteiger partial charge in [0, 0.05) is 5.56 Å². The highest BCUT2D eigenvalue weighted by Gasteiger charge is 2.24. The molecule has 0 aliphatic carbocycles. The zero-order valence-corrected chi connectivity index (χ0v) is 19.9. The Morgan fingerprint density at radius 3 is 1.61 bits per heavy atom. The lowest BCUT2D eigenvalue weighted by atomic mass is 9.96. The molecule has 0 saturated carbocycles. The Morgan fingerprint density at radius 1 is 0.613 bits per heavy atom. The summed E-state index contributed by atoms with van der Waals surface area (Å²) < 4.78 is 0. The van der Waals surface area contributed by atoms with Gasteiger partial charge in [0.1, 0.15) is 0 Å². The third-order valence-electron chi connectivity index (χ3n) is 6.77. The molecule has 0 radical (unpaired) electrons. The molecular weight excluding hydrogens is 388 g/mol. The van der Waals surface area contributed by atoms with Crippen molar-refractivity contribution in [3.8, 4) is 12.3 Å². The molecule has 5 aromatic rings. The average molecular weight is 417 g/mol. The molecule has 31 heavy (non-hydrogen) atoms. The average Bonchev–Trinajstić information content (AvgIpc) is 2.74. The van der Waals surface area contributed by atoms with Crippen LogP contribution in [-0.2, 0) is 0 Å². The zero-order chi connectivity index (χ0) is 21.7. The minimum absolute atomic E-state index is 0.683. The molecule has 0 aliphatic heterocycles. The van der Waals surface area contributed by atoms with Crippen LogP contribution >= 0.6 is 0 Å². The normalized spacial score (nSPS) is 12.1. The van der Waals surface area contributed by atoms with E-state index in [4.69, 9.17) is 6.42 Å². The molecule has 0 N–H and O–H groups in total. The quantitative estimate of drug-likeness (QED) is 0.162. The van der Waals surface area contributed by atoms with Gasteiger partial charge in [-0.25, -0.2) is 0 Å².